The van der Waals surface area contributed by atoms with Crippen LogP contribution in [0, 0.1) is 0 Å². The van der Waals surface area contributed by atoms with Crippen molar-refractivity contribution < 1.29 is 8.42 Å². The highest BCUT2D eigenvalue weighted by atomic mass is 32.2. The van der Waals surface area contributed by atoms with E-state index in [9.17, 15) is 8.42 Å². The molecule has 0 saturated heterocycles. The van der Waals surface area contributed by atoms with Gasteiger partial charge in [0.2, 0.25) is 0 Å². The van der Waals surface area contributed by atoms with Crippen molar-refractivity contribution in [3.05, 3.63) is 23.8 Å². The van der Waals surface area contributed by atoms with Gasteiger partial charge in [-0.25, -0.2) is 8.42 Å². The zero-order chi connectivity index (χ0) is 11.9. The van der Waals surface area contributed by atoms with E-state index < -0.39 is 9.84 Å². The fourth-order valence-corrected chi connectivity index (χ4v) is 3.29. The van der Waals surface area contributed by atoms with E-state index in [1.807, 2.05) is 12.1 Å². The second kappa shape index (κ2) is 3.66. The minimum absolute atomic E-state index is 0.210. The fraction of sp³-hybridized carbons (Fsp3) is 0.455. The maximum Gasteiger partial charge on any atom is 0.150 e. The maximum atomic E-state index is 11.3. The van der Waals surface area contributed by atoms with Gasteiger partial charge < -0.3 is 11.5 Å². The van der Waals surface area contributed by atoms with Crippen molar-refractivity contribution in [3.8, 4) is 0 Å². The van der Waals surface area contributed by atoms with Gasteiger partial charge in [-0.1, -0.05) is 12.1 Å². The Morgan fingerprint density at radius 3 is 2.44 bits per heavy atom. The molecular formula is C11H16N2O2S. The molecule has 1 aliphatic carbocycles. The predicted octanol–water partition coefficient (Wildman–Crippen LogP) is 1.14. The van der Waals surface area contributed by atoms with Crippen LogP contribution in [0.25, 0.3) is 0 Å². The maximum absolute atomic E-state index is 11.3. The van der Waals surface area contributed by atoms with Crippen molar-refractivity contribution in [1.82, 2.24) is 0 Å². The number of anilines is 2. The van der Waals surface area contributed by atoms with Gasteiger partial charge in [0.25, 0.3) is 0 Å². The van der Waals surface area contributed by atoms with Crippen LogP contribution >= 0.6 is 0 Å². The third-order valence-corrected chi connectivity index (χ3v) is 4.91. The first-order valence-electron chi connectivity index (χ1n) is 5.22. The Morgan fingerprint density at radius 1 is 1.25 bits per heavy atom. The van der Waals surface area contributed by atoms with E-state index in [1.165, 1.54) is 6.26 Å². The molecular weight excluding hydrogens is 224 g/mol. The largest absolute Gasteiger partial charge is 0.397 e. The summed E-state index contributed by atoms with van der Waals surface area (Å²) in [5.41, 5.74) is 13.7. The van der Waals surface area contributed by atoms with E-state index in [-0.39, 0.29) is 11.2 Å². The number of nitrogen functional groups attached to an aromatic ring is 2. The van der Waals surface area contributed by atoms with E-state index in [4.69, 9.17) is 11.5 Å². The van der Waals surface area contributed by atoms with Crippen molar-refractivity contribution in [3.63, 3.8) is 0 Å². The average Bonchev–Trinajstić information content (AvgIpc) is 2.07. The van der Waals surface area contributed by atoms with E-state index in [0.717, 1.165) is 5.56 Å². The Bertz CT molecular complexity index is 505. The number of para-hydroxylation sites is 1. The molecule has 0 radical (unpaired) electrons. The molecule has 0 heterocycles. The van der Waals surface area contributed by atoms with Gasteiger partial charge >= 0.3 is 0 Å². The molecule has 0 aliphatic heterocycles. The van der Waals surface area contributed by atoms with Crippen LogP contribution in [-0.2, 0) is 9.84 Å². The lowest BCUT2D eigenvalue weighted by Crippen LogP contribution is -2.34. The Balaban J connectivity index is 2.16. The first-order valence-corrected chi connectivity index (χ1v) is 7.17. The third kappa shape index (κ3) is 1.87. The summed E-state index contributed by atoms with van der Waals surface area (Å²) in [5, 5.41) is -0.210. The molecule has 2 rings (SSSR count). The zero-order valence-electron chi connectivity index (χ0n) is 9.18. The number of hydrogen-bond donors (Lipinski definition) is 2. The van der Waals surface area contributed by atoms with Crippen LogP contribution in [0.5, 0.6) is 0 Å². The number of nitrogens with two attached hydrogens (primary N) is 2. The monoisotopic (exact) mass is 240 g/mol. The zero-order valence-corrected chi connectivity index (χ0v) is 10.00. The van der Waals surface area contributed by atoms with Crippen molar-refractivity contribution in [1.29, 1.82) is 0 Å². The highest BCUT2D eigenvalue weighted by Crippen LogP contribution is 2.43. The summed E-state index contributed by atoms with van der Waals surface area (Å²) in [4.78, 5) is 0. The van der Waals surface area contributed by atoms with E-state index in [1.54, 1.807) is 6.07 Å². The molecule has 88 valence electrons. The second-order valence-corrected chi connectivity index (χ2v) is 6.80. The van der Waals surface area contributed by atoms with Gasteiger partial charge in [-0.05, 0) is 30.4 Å². The van der Waals surface area contributed by atoms with Crippen molar-refractivity contribution in [2.45, 2.75) is 24.0 Å². The topological polar surface area (TPSA) is 86.2 Å². The van der Waals surface area contributed by atoms with Crippen LogP contribution in [0.3, 0.4) is 0 Å². The standard InChI is InChI=1S/C11H16N2O2S/c1-16(14,15)8-5-7(6-8)9-3-2-4-10(12)11(9)13/h2-4,7-8H,5-6,12-13H2,1H3. The van der Waals surface area contributed by atoms with Crippen LogP contribution < -0.4 is 11.5 Å². The van der Waals surface area contributed by atoms with Crippen LogP contribution in [0.2, 0.25) is 0 Å². The number of benzene rings is 1. The predicted molar refractivity (Wildman–Crippen MR) is 65.9 cm³/mol. The molecule has 1 aliphatic rings. The number of hydrogen-bond acceptors (Lipinski definition) is 4. The molecule has 0 atom stereocenters. The van der Waals surface area contributed by atoms with Crippen LogP contribution in [0.15, 0.2) is 18.2 Å². The van der Waals surface area contributed by atoms with E-state index in [2.05, 4.69) is 0 Å². The lowest BCUT2D eigenvalue weighted by atomic mass is 9.78. The molecule has 1 aromatic rings. The van der Waals surface area contributed by atoms with Gasteiger partial charge in [-0.2, -0.15) is 0 Å². The lowest BCUT2D eigenvalue weighted by Gasteiger charge is -2.35. The van der Waals surface area contributed by atoms with Gasteiger partial charge in [-0.3, -0.25) is 0 Å². The highest BCUT2D eigenvalue weighted by molar-refractivity contribution is 7.91. The van der Waals surface area contributed by atoms with Crippen molar-refractivity contribution >= 4 is 21.2 Å². The highest BCUT2D eigenvalue weighted by Gasteiger charge is 2.37. The molecule has 1 fully saturated rings. The molecule has 4 N–H and O–H groups in total. The number of rotatable bonds is 2. The molecule has 0 spiro atoms. The summed E-state index contributed by atoms with van der Waals surface area (Å²) < 4.78 is 22.6. The Labute approximate surface area is 95.6 Å². The quantitative estimate of drug-likeness (QED) is 0.759. The molecule has 1 saturated carbocycles. The summed E-state index contributed by atoms with van der Waals surface area (Å²) in [6, 6.07) is 5.54. The molecule has 0 aromatic heterocycles. The van der Waals surface area contributed by atoms with Crippen LogP contribution in [0.4, 0.5) is 11.4 Å². The first-order chi connectivity index (χ1) is 7.39. The minimum Gasteiger partial charge on any atom is -0.397 e. The first kappa shape index (κ1) is 11.3. The summed E-state index contributed by atoms with van der Waals surface area (Å²) in [6.07, 6.45) is 2.61. The molecule has 16 heavy (non-hydrogen) atoms. The van der Waals surface area contributed by atoms with Gasteiger partial charge in [0.05, 0.1) is 16.6 Å². The summed E-state index contributed by atoms with van der Waals surface area (Å²) in [5.74, 6) is 0.239. The van der Waals surface area contributed by atoms with Gasteiger partial charge in [0, 0.05) is 6.26 Å². The smallest absolute Gasteiger partial charge is 0.150 e. The summed E-state index contributed by atoms with van der Waals surface area (Å²) in [6.45, 7) is 0. The fourth-order valence-electron chi connectivity index (χ4n) is 2.13. The normalized spacial score (nSPS) is 25.1. The Morgan fingerprint density at radius 2 is 1.88 bits per heavy atom. The number of sulfone groups is 1. The molecule has 0 amide bonds. The molecule has 4 nitrogen and oxygen atoms in total. The molecule has 1 aromatic carbocycles. The SMILES string of the molecule is CS(=O)(=O)C1CC(c2cccc(N)c2N)C1. The second-order valence-electron chi connectivity index (χ2n) is 4.47. The Hall–Kier alpha value is -1.23. The van der Waals surface area contributed by atoms with E-state index >= 15 is 0 Å². The van der Waals surface area contributed by atoms with Crippen LogP contribution in [-0.4, -0.2) is 19.9 Å². The third-order valence-electron chi connectivity index (χ3n) is 3.31. The molecule has 5 heteroatoms. The van der Waals surface area contributed by atoms with Gasteiger partial charge in [-0.15, -0.1) is 0 Å². The van der Waals surface area contributed by atoms with E-state index in [0.29, 0.717) is 24.2 Å². The molecule has 0 unspecified atom stereocenters. The summed E-state index contributed by atoms with van der Waals surface area (Å²) in [7, 11) is -2.90. The lowest BCUT2D eigenvalue weighted by molar-refractivity contribution is 0.413. The van der Waals surface area contributed by atoms with Gasteiger partial charge in [0.15, 0.2) is 0 Å². The van der Waals surface area contributed by atoms with Crippen molar-refractivity contribution in [2.75, 3.05) is 17.7 Å². The Kier molecular flexibility index (Phi) is 2.58. The van der Waals surface area contributed by atoms with Crippen LogP contribution in [0.1, 0.15) is 24.3 Å². The molecule has 0 bridgehead atoms. The minimum atomic E-state index is -2.90. The average molecular weight is 240 g/mol. The van der Waals surface area contributed by atoms with Gasteiger partial charge in [0.1, 0.15) is 9.84 Å². The van der Waals surface area contributed by atoms with Crippen molar-refractivity contribution in [2.24, 2.45) is 0 Å². The summed E-state index contributed by atoms with van der Waals surface area (Å²) >= 11 is 0.